The van der Waals surface area contributed by atoms with Gasteiger partial charge in [-0.25, -0.2) is 4.39 Å². The quantitative estimate of drug-likeness (QED) is 0.783. The van der Waals surface area contributed by atoms with E-state index in [1.54, 1.807) is 6.07 Å². The number of anilines is 1. The Hall–Kier alpha value is -2.80. The first kappa shape index (κ1) is 19.9. The molecule has 148 valence electrons. The zero-order valence-corrected chi connectivity index (χ0v) is 16.2. The molecule has 0 aliphatic carbocycles. The van der Waals surface area contributed by atoms with Crippen molar-refractivity contribution in [1.29, 1.82) is 0 Å². The summed E-state index contributed by atoms with van der Waals surface area (Å²) in [5.41, 5.74) is 0.495. The van der Waals surface area contributed by atoms with Crippen molar-refractivity contribution in [2.24, 2.45) is 5.92 Å². The molecule has 1 saturated heterocycles. The van der Waals surface area contributed by atoms with Crippen LogP contribution < -0.4 is 5.32 Å². The van der Waals surface area contributed by atoms with E-state index in [9.17, 15) is 19.1 Å². The summed E-state index contributed by atoms with van der Waals surface area (Å²) in [5.74, 6) is -1.97. The number of nitrogens with zero attached hydrogens (tertiary/aromatic N) is 1. The lowest BCUT2D eigenvalue weighted by atomic mass is 9.78. The van der Waals surface area contributed by atoms with Gasteiger partial charge < -0.3 is 15.2 Å². The van der Waals surface area contributed by atoms with Crippen LogP contribution >= 0.6 is 0 Å². The number of hydrogen-bond acceptors (Lipinski definition) is 5. The summed E-state index contributed by atoms with van der Waals surface area (Å²) >= 11 is 0. The van der Waals surface area contributed by atoms with Crippen LogP contribution in [0.3, 0.4) is 0 Å². The molecule has 1 amide bonds. The van der Waals surface area contributed by atoms with Gasteiger partial charge in [0.25, 0.3) is 5.91 Å². The number of rotatable bonds is 4. The largest absolute Gasteiger partial charge is 0.508 e. The van der Waals surface area contributed by atoms with Crippen molar-refractivity contribution >= 4 is 17.4 Å². The number of carbonyl (C=O) groups excluding carboxylic acids is 2. The number of ketones is 1. The predicted molar refractivity (Wildman–Crippen MR) is 102 cm³/mol. The first-order valence-corrected chi connectivity index (χ1v) is 9.04. The number of halogens is 1. The molecule has 28 heavy (non-hydrogen) atoms. The van der Waals surface area contributed by atoms with E-state index in [0.29, 0.717) is 11.3 Å². The number of benzene rings is 1. The minimum absolute atomic E-state index is 0.121. The van der Waals surface area contributed by atoms with Crippen molar-refractivity contribution in [3.05, 3.63) is 53.6 Å². The van der Waals surface area contributed by atoms with Crippen LogP contribution in [0.4, 0.5) is 10.1 Å². The second-order valence-corrected chi connectivity index (χ2v) is 7.63. The summed E-state index contributed by atoms with van der Waals surface area (Å²) in [6, 6.07) is 6.85. The normalized spacial score (nSPS) is 23.4. The van der Waals surface area contributed by atoms with Crippen LogP contribution in [0.5, 0.6) is 5.75 Å². The van der Waals surface area contributed by atoms with Crippen LogP contribution in [0.2, 0.25) is 0 Å². The smallest absolute Gasteiger partial charge is 0.254 e. The van der Waals surface area contributed by atoms with E-state index >= 15 is 0 Å². The fraction of sp³-hybridized carbons (Fsp3) is 0.381. The maximum Gasteiger partial charge on any atom is 0.254 e. The number of phenolic OH excluding ortho intramolecular Hbond substituents is 1. The third kappa shape index (κ3) is 3.75. The van der Waals surface area contributed by atoms with Crippen LogP contribution in [-0.4, -0.2) is 33.5 Å². The number of ether oxygens (including phenoxy) is 1. The monoisotopic (exact) mass is 386 g/mol. The molecule has 1 fully saturated rings. The predicted octanol–water partition coefficient (Wildman–Crippen LogP) is 3.66. The van der Waals surface area contributed by atoms with E-state index in [1.165, 1.54) is 31.3 Å². The molecule has 1 aromatic carbocycles. The van der Waals surface area contributed by atoms with Crippen LogP contribution in [0.15, 0.2) is 36.5 Å². The first-order valence-electron chi connectivity index (χ1n) is 9.04. The van der Waals surface area contributed by atoms with Crippen LogP contribution in [0.1, 0.15) is 49.7 Å². The van der Waals surface area contributed by atoms with Gasteiger partial charge in [0, 0.05) is 36.4 Å². The number of nitrogens with one attached hydrogen (secondary N) is 1. The molecule has 6 nitrogen and oxygen atoms in total. The highest BCUT2D eigenvalue weighted by Gasteiger charge is 2.51. The van der Waals surface area contributed by atoms with E-state index in [4.69, 9.17) is 4.74 Å². The Labute approximate surface area is 162 Å². The van der Waals surface area contributed by atoms with Crippen molar-refractivity contribution in [3.8, 4) is 5.75 Å². The van der Waals surface area contributed by atoms with E-state index in [1.807, 2.05) is 20.8 Å². The fourth-order valence-corrected chi connectivity index (χ4v) is 3.56. The van der Waals surface area contributed by atoms with Crippen LogP contribution in [-0.2, 0) is 9.53 Å². The lowest BCUT2D eigenvalue weighted by Gasteiger charge is -2.25. The van der Waals surface area contributed by atoms with Gasteiger partial charge in [0.15, 0.2) is 5.78 Å². The Balaban J connectivity index is 1.92. The summed E-state index contributed by atoms with van der Waals surface area (Å²) in [7, 11) is 0. The molecule has 0 unspecified atom stereocenters. The summed E-state index contributed by atoms with van der Waals surface area (Å²) in [6.45, 7) is 7.07. The minimum atomic E-state index is -0.893. The SMILES string of the molecule is CC(=O)c1cc(NC(=O)[C@@H]2OC(C)(C)[C@@H](C)[C@H]2c2ccc(F)cc2O)ccn1. The maximum atomic E-state index is 13.4. The minimum Gasteiger partial charge on any atom is -0.508 e. The second-order valence-electron chi connectivity index (χ2n) is 7.63. The second kappa shape index (κ2) is 7.31. The van der Waals surface area contributed by atoms with E-state index < -0.39 is 29.3 Å². The molecule has 0 radical (unpaired) electrons. The fourth-order valence-electron chi connectivity index (χ4n) is 3.56. The van der Waals surface area contributed by atoms with Gasteiger partial charge in [-0.1, -0.05) is 13.0 Å². The number of aromatic nitrogens is 1. The van der Waals surface area contributed by atoms with E-state index in [-0.39, 0.29) is 23.1 Å². The Bertz CT molecular complexity index is 928. The molecule has 0 saturated carbocycles. The number of hydrogen-bond donors (Lipinski definition) is 2. The molecule has 2 heterocycles. The van der Waals surface area contributed by atoms with Gasteiger partial charge in [0.05, 0.1) is 5.60 Å². The maximum absolute atomic E-state index is 13.4. The van der Waals surface area contributed by atoms with E-state index in [2.05, 4.69) is 10.3 Å². The molecule has 1 aromatic heterocycles. The van der Waals surface area contributed by atoms with Crippen molar-refractivity contribution in [1.82, 2.24) is 4.98 Å². The molecule has 0 bridgehead atoms. The zero-order valence-electron chi connectivity index (χ0n) is 16.2. The molecule has 2 aromatic rings. The molecule has 1 aliphatic rings. The summed E-state index contributed by atoms with van der Waals surface area (Å²) in [4.78, 5) is 28.5. The Morgan fingerprint density at radius 3 is 2.61 bits per heavy atom. The lowest BCUT2D eigenvalue weighted by Crippen LogP contribution is -2.33. The Kier molecular flexibility index (Phi) is 5.21. The highest BCUT2D eigenvalue weighted by atomic mass is 19.1. The molecule has 1 aliphatic heterocycles. The standard InChI is InChI=1S/C21H23FN2O4/c1-11-18(15-6-5-13(22)9-17(15)26)19(28-21(11,3)4)20(27)24-14-7-8-23-16(10-14)12(2)25/h5-11,18-19,26H,1-4H3,(H,23,24,27)/t11-,18-,19+/m0/s1. The van der Waals surface area contributed by atoms with Crippen molar-refractivity contribution in [2.45, 2.75) is 45.3 Å². The molecular formula is C21H23FN2O4. The Morgan fingerprint density at radius 1 is 1.25 bits per heavy atom. The van der Waals surface area contributed by atoms with Gasteiger partial charge in [-0.3, -0.25) is 14.6 Å². The number of aromatic hydroxyl groups is 1. The number of carbonyl (C=O) groups is 2. The number of phenols is 1. The number of amides is 1. The van der Waals surface area contributed by atoms with Crippen LogP contribution in [0.25, 0.3) is 0 Å². The van der Waals surface area contributed by atoms with Gasteiger partial charge in [0.1, 0.15) is 23.4 Å². The highest BCUT2D eigenvalue weighted by Crippen LogP contribution is 2.48. The van der Waals surface area contributed by atoms with Crippen molar-refractivity contribution < 1.29 is 23.8 Å². The molecule has 3 rings (SSSR count). The average molecular weight is 386 g/mol. The van der Waals surface area contributed by atoms with Gasteiger partial charge >= 0.3 is 0 Å². The first-order chi connectivity index (χ1) is 13.1. The molecule has 2 N–H and O–H groups in total. The van der Waals surface area contributed by atoms with Gasteiger partial charge in [0.2, 0.25) is 0 Å². The van der Waals surface area contributed by atoms with E-state index in [0.717, 1.165) is 6.07 Å². The Morgan fingerprint density at radius 2 is 1.96 bits per heavy atom. The van der Waals surface area contributed by atoms with Crippen molar-refractivity contribution in [2.75, 3.05) is 5.32 Å². The van der Waals surface area contributed by atoms with Crippen molar-refractivity contribution in [3.63, 3.8) is 0 Å². The summed E-state index contributed by atoms with van der Waals surface area (Å²) in [5, 5.41) is 13.0. The zero-order chi connectivity index (χ0) is 20.6. The number of pyridine rings is 1. The van der Waals surface area contributed by atoms with Gasteiger partial charge in [-0.2, -0.15) is 0 Å². The third-order valence-corrected chi connectivity index (χ3v) is 5.39. The molecule has 7 heteroatoms. The molecular weight excluding hydrogens is 363 g/mol. The number of Topliss-reactive ketones (excluding diaryl/α,β-unsaturated/α-hetero) is 1. The molecule has 3 atom stereocenters. The highest BCUT2D eigenvalue weighted by molar-refractivity contribution is 5.97. The average Bonchev–Trinajstić information content (AvgIpc) is 2.85. The lowest BCUT2D eigenvalue weighted by molar-refractivity contribution is -0.131. The van der Waals surface area contributed by atoms with Gasteiger partial charge in [-0.15, -0.1) is 0 Å². The van der Waals surface area contributed by atoms with Gasteiger partial charge in [-0.05, 0) is 38.0 Å². The third-order valence-electron chi connectivity index (χ3n) is 5.39. The molecule has 0 spiro atoms. The summed E-state index contributed by atoms with van der Waals surface area (Å²) < 4.78 is 19.5. The summed E-state index contributed by atoms with van der Waals surface area (Å²) in [6.07, 6.45) is 0.549. The van der Waals surface area contributed by atoms with Crippen LogP contribution in [0, 0.1) is 11.7 Å². The topological polar surface area (TPSA) is 88.5 Å².